The first-order valence-corrected chi connectivity index (χ1v) is 19.5. The van der Waals surface area contributed by atoms with E-state index < -0.39 is 98.1 Å². The Bertz CT molecular complexity index is 2100. The molecule has 0 radical (unpaired) electrons. The fraction of sp³-hybridized carbons (Fsp3) is 0.364. The van der Waals surface area contributed by atoms with Gasteiger partial charge < -0.3 is 70.0 Å². The van der Waals surface area contributed by atoms with Crippen LogP contribution in [0.4, 0.5) is 0 Å². The molecule has 4 aromatic rings. The number of benzene rings is 4. The predicted molar refractivity (Wildman–Crippen MR) is 213 cm³/mol. The predicted octanol–water partition coefficient (Wildman–Crippen LogP) is 0.478. The zero-order valence-electron chi connectivity index (χ0n) is 32.8. The lowest BCUT2D eigenvalue weighted by molar-refractivity contribution is -0.277. The molecule has 0 spiro atoms. The van der Waals surface area contributed by atoms with Crippen molar-refractivity contribution in [3.05, 3.63) is 107 Å². The minimum absolute atomic E-state index is 0.0282. The van der Waals surface area contributed by atoms with Crippen LogP contribution in [-0.2, 0) is 31.9 Å². The molecule has 2 heterocycles. The number of ether oxygens (including phenoxy) is 4. The van der Waals surface area contributed by atoms with E-state index in [2.05, 4.69) is 0 Å². The van der Waals surface area contributed by atoms with Crippen LogP contribution >= 0.6 is 0 Å². The van der Waals surface area contributed by atoms with Gasteiger partial charge in [-0.25, -0.2) is 0 Å². The van der Waals surface area contributed by atoms with Gasteiger partial charge in [-0.3, -0.25) is 19.2 Å². The summed E-state index contributed by atoms with van der Waals surface area (Å²) in [6, 6.07) is 21.2. The summed E-state index contributed by atoms with van der Waals surface area (Å²) in [6.45, 7) is -1.41. The number of hydrogen-bond acceptors (Lipinski definition) is 16. The zero-order valence-corrected chi connectivity index (χ0v) is 32.8. The van der Waals surface area contributed by atoms with Crippen molar-refractivity contribution in [1.29, 1.82) is 0 Å². The summed E-state index contributed by atoms with van der Waals surface area (Å²) < 4.78 is 22.9. The second-order valence-electron chi connectivity index (χ2n) is 14.9. The van der Waals surface area contributed by atoms with Gasteiger partial charge in [0.05, 0.1) is 26.1 Å². The number of aliphatic hydroxyl groups excluding tert-OH is 8. The van der Waals surface area contributed by atoms with E-state index in [0.717, 1.165) is 0 Å². The monoisotopic (exact) mass is 862 g/mol. The van der Waals surface area contributed by atoms with E-state index in [9.17, 15) is 70.2 Å². The van der Waals surface area contributed by atoms with Gasteiger partial charge in [0.1, 0.15) is 60.3 Å². The van der Waals surface area contributed by atoms with Crippen molar-refractivity contribution in [2.75, 3.05) is 13.2 Å². The smallest absolute Gasteiger partial charge is 0.307 e. The number of hydrogen-bond donors (Lipinski definition) is 10. The summed E-state index contributed by atoms with van der Waals surface area (Å²) in [6.07, 6.45) is -17.2. The third kappa shape index (κ3) is 10.5. The number of carboxylic acids is 2. The molecule has 4 aromatic carbocycles. The van der Waals surface area contributed by atoms with Crippen molar-refractivity contribution in [2.45, 2.75) is 87.1 Å². The molecule has 0 amide bonds. The second-order valence-corrected chi connectivity index (χ2v) is 14.9. The molecule has 0 unspecified atom stereocenters. The fourth-order valence-electron chi connectivity index (χ4n) is 7.21. The van der Waals surface area contributed by atoms with Crippen LogP contribution in [0.5, 0.6) is 11.5 Å². The Morgan fingerprint density at radius 2 is 0.887 bits per heavy atom. The Morgan fingerprint density at radius 3 is 1.24 bits per heavy atom. The quantitative estimate of drug-likeness (QED) is 0.0646. The van der Waals surface area contributed by atoms with Gasteiger partial charge in [0.25, 0.3) is 0 Å². The average Bonchev–Trinajstić information content (AvgIpc) is 3.25. The third-order valence-corrected chi connectivity index (χ3v) is 10.6. The lowest BCUT2D eigenvalue weighted by Crippen LogP contribution is -2.60. The van der Waals surface area contributed by atoms with Gasteiger partial charge in [-0.1, -0.05) is 48.5 Å². The van der Waals surface area contributed by atoms with E-state index >= 15 is 0 Å². The molecule has 0 saturated carbocycles. The summed E-state index contributed by atoms with van der Waals surface area (Å²) >= 11 is 0. The van der Waals surface area contributed by atoms with E-state index in [1.807, 2.05) is 0 Å². The molecule has 0 aromatic heterocycles. The number of carbonyl (C=O) groups is 4. The van der Waals surface area contributed by atoms with Crippen molar-refractivity contribution in [1.82, 2.24) is 0 Å². The molecular formula is C44H46O18. The zero-order chi connectivity index (χ0) is 44.8. The van der Waals surface area contributed by atoms with Gasteiger partial charge in [-0.15, -0.1) is 0 Å². The highest BCUT2D eigenvalue weighted by atomic mass is 16.7. The molecule has 0 bridgehead atoms. The molecule has 2 saturated heterocycles. The van der Waals surface area contributed by atoms with Gasteiger partial charge in [-0.2, -0.15) is 0 Å². The van der Waals surface area contributed by atoms with Crippen LogP contribution in [0.2, 0.25) is 0 Å². The van der Waals surface area contributed by atoms with E-state index in [-0.39, 0.29) is 59.4 Å². The molecule has 0 aliphatic carbocycles. The fourth-order valence-corrected chi connectivity index (χ4v) is 7.21. The number of carboxylic acid groups (broad SMARTS) is 2. The first kappa shape index (κ1) is 45.9. The van der Waals surface area contributed by atoms with Crippen LogP contribution in [0, 0.1) is 0 Å². The second kappa shape index (κ2) is 20.0. The summed E-state index contributed by atoms with van der Waals surface area (Å²) in [5.41, 5.74) is 2.36. The van der Waals surface area contributed by atoms with Crippen LogP contribution in [0.3, 0.4) is 0 Å². The molecule has 18 heteroatoms. The summed E-state index contributed by atoms with van der Waals surface area (Å²) in [5, 5.41) is 101. The lowest BCUT2D eigenvalue weighted by atomic mass is 9.94. The molecule has 10 atom stereocenters. The number of rotatable bonds is 17. The molecule has 62 heavy (non-hydrogen) atoms. The number of carbonyl (C=O) groups excluding carboxylic acids is 2. The highest BCUT2D eigenvalue weighted by Gasteiger charge is 2.46. The number of ketones is 2. The number of aliphatic carboxylic acids is 2. The van der Waals surface area contributed by atoms with E-state index in [1.165, 1.54) is 36.4 Å². The Labute approximate surface area is 353 Å². The van der Waals surface area contributed by atoms with Crippen molar-refractivity contribution in [3.8, 4) is 33.8 Å². The first-order valence-electron chi connectivity index (χ1n) is 19.5. The molecule has 2 aliphatic heterocycles. The van der Waals surface area contributed by atoms with Crippen molar-refractivity contribution in [2.24, 2.45) is 0 Å². The Hall–Kier alpha value is -5.64. The number of Topliss-reactive ketones (excluding diaryl/α,β-unsaturated/α-hetero) is 2. The molecule has 10 N–H and O–H groups in total. The van der Waals surface area contributed by atoms with Crippen LogP contribution < -0.4 is 9.47 Å². The van der Waals surface area contributed by atoms with Gasteiger partial charge in [0.2, 0.25) is 12.6 Å². The maximum Gasteiger partial charge on any atom is 0.307 e. The van der Waals surface area contributed by atoms with Gasteiger partial charge in [0, 0.05) is 35.1 Å². The van der Waals surface area contributed by atoms with Gasteiger partial charge in [-0.05, 0) is 58.7 Å². The Balaban J connectivity index is 1.27. The molecule has 18 nitrogen and oxygen atoms in total. The molecule has 330 valence electrons. The molecule has 6 rings (SSSR count). The first-order chi connectivity index (χ1) is 29.6. The summed E-state index contributed by atoms with van der Waals surface area (Å²) in [7, 11) is 0. The van der Waals surface area contributed by atoms with Crippen LogP contribution in [0.15, 0.2) is 84.9 Å². The van der Waals surface area contributed by atoms with E-state index in [4.69, 9.17) is 18.9 Å². The SMILES string of the molecule is O=C(O)Cc1cccc(-c2cc(C(=O)CCC(=O)c3ccc(O[C@@H]4O[C@H](CO)[C@@H](O)[C@H](O)[C@@H]4O)c(-c4cccc(CC(=O)O)c4)c3)ccc2O[C@@H]2O[C@H](CO)[C@@H](O)[C@H](O)[C@@H]2O)c1. The maximum atomic E-state index is 13.7. The molecule has 2 aliphatic rings. The Kier molecular flexibility index (Phi) is 14.8. The minimum Gasteiger partial charge on any atom is -0.481 e. The average molecular weight is 863 g/mol. The van der Waals surface area contributed by atoms with Gasteiger partial charge >= 0.3 is 11.9 Å². The minimum atomic E-state index is -1.76. The van der Waals surface area contributed by atoms with Crippen molar-refractivity contribution >= 4 is 23.5 Å². The standard InChI is InChI=1S/C44H46O18/c45-19-33-37(53)39(55)41(57)43(61-33)59-31-11-7-25(17-27(31)23-5-1-3-21(13-23)15-35(49)50)29(47)9-10-30(48)26-8-12-32(60-44-42(58)40(56)38(54)34(20-46)62-44)28(18-26)24-6-2-4-22(14-24)16-36(51)52/h1-8,11-14,17-18,33-34,37-46,53-58H,9-10,15-16,19-20H2,(H,49,50)(H,51,52)/t33-,34-,37-,38-,39+,40+,41+,42+,43-,44-/m1/s1. The van der Waals surface area contributed by atoms with Crippen molar-refractivity contribution < 1.29 is 89.2 Å². The van der Waals surface area contributed by atoms with Crippen LogP contribution in [0.25, 0.3) is 22.3 Å². The molecule has 2 fully saturated rings. The maximum absolute atomic E-state index is 13.7. The summed E-state index contributed by atoms with van der Waals surface area (Å²) in [5.74, 6) is -3.10. The highest BCUT2D eigenvalue weighted by Crippen LogP contribution is 2.37. The normalized spacial score (nSPS) is 26.1. The summed E-state index contributed by atoms with van der Waals surface area (Å²) in [4.78, 5) is 50.4. The molecular weight excluding hydrogens is 816 g/mol. The van der Waals surface area contributed by atoms with Crippen molar-refractivity contribution in [3.63, 3.8) is 0 Å². The lowest BCUT2D eigenvalue weighted by Gasteiger charge is -2.39. The largest absolute Gasteiger partial charge is 0.481 e. The Morgan fingerprint density at radius 1 is 0.500 bits per heavy atom. The number of aliphatic hydroxyl groups is 8. The highest BCUT2D eigenvalue weighted by molar-refractivity contribution is 6.03. The van der Waals surface area contributed by atoms with Crippen LogP contribution in [0.1, 0.15) is 44.7 Å². The van der Waals surface area contributed by atoms with Gasteiger partial charge in [0.15, 0.2) is 11.6 Å². The van der Waals surface area contributed by atoms with E-state index in [0.29, 0.717) is 22.3 Å². The topological polar surface area (TPSA) is 308 Å². The third-order valence-electron chi connectivity index (χ3n) is 10.6. The van der Waals surface area contributed by atoms with Crippen LogP contribution in [-0.4, -0.2) is 149 Å². The van der Waals surface area contributed by atoms with E-state index in [1.54, 1.807) is 48.5 Å².